The van der Waals surface area contributed by atoms with Crippen molar-refractivity contribution in [3.05, 3.63) is 0 Å². The third-order valence-corrected chi connectivity index (χ3v) is 3.59. The second-order valence-corrected chi connectivity index (χ2v) is 5.44. The molecule has 1 rings (SSSR count). The maximum Gasteiger partial charge on any atom is 0.223 e. The molecule has 1 fully saturated rings. The van der Waals surface area contributed by atoms with Crippen LogP contribution in [0.4, 0.5) is 0 Å². The molecule has 1 aliphatic rings. The molecular formula is C12H23N3O2S. The zero-order chi connectivity index (χ0) is 13.5. The normalized spacial score (nSPS) is 20.0. The summed E-state index contributed by atoms with van der Waals surface area (Å²) in [6.07, 6.45) is 2.13. The molecule has 0 aromatic carbocycles. The van der Waals surface area contributed by atoms with Crippen LogP contribution in [0.5, 0.6) is 0 Å². The molecule has 1 heterocycles. The van der Waals surface area contributed by atoms with E-state index < -0.39 is 0 Å². The van der Waals surface area contributed by atoms with E-state index in [2.05, 4.69) is 4.90 Å². The molecule has 3 N–H and O–H groups in total. The topological polar surface area (TPSA) is 69.8 Å². The second-order valence-electron chi connectivity index (χ2n) is 4.92. The molecular weight excluding hydrogens is 250 g/mol. The molecule has 0 radical (unpaired) electrons. The van der Waals surface area contributed by atoms with Crippen LogP contribution < -0.4 is 5.73 Å². The van der Waals surface area contributed by atoms with Crippen LogP contribution in [0.1, 0.15) is 19.3 Å². The van der Waals surface area contributed by atoms with Gasteiger partial charge in [-0.2, -0.15) is 0 Å². The van der Waals surface area contributed by atoms with Crippen molar-refractivity contribution in [1.82, 2.24) is 9.80 Å². The van der Waals surface area contributed by atoms with Gasteiger partial charge in [-0.25, -0.2) is 0 Å². The predicted octanol–water partition coefficient (Wildman–Crippen LogP) is -0.175. The van der Waals surface area contributed by atoms with E-state index in [1.54, 1.807) is 11.9 Å². The lowest BCUT2D eigenvalue weighted by Crippen LogP contribution is -2.33. The number of aliphatic hydroxyl groups is 1. The molecule has 6 heteroatoms. The Morgan fingerprint density at radius 2 is 2.28 bits per heavy atom. The zero-order valence-electron chi connectivity index (χ0n) is 11.0. The summed E-state index contributed by atoms with van der Waals surface area (Å²) < 4.78 is 0. The first-order chi connectivity index (χ1) is 8.52. The smallest absolute Gasteiger partial charge is 0.223 e. The number of nitrogens with zero attached hydrogens (tertiary/aromatic N) is 2. The third kappa shape index (κ3) is 5.29. The maximum atomic E-state index is 11.8. The van der Waals surface area contributed by atoms with Gasteiger partial charge in [0.05, 0.1) is 4.99 Å². The lowest BCUT2D eigenvalue weighted by atomic mass is 10.1. The lowest BCUT2D eigenvalue weighted by Gasteiger charge is -2.19. The van der Waals surface area contributed by atoms with E-state index in [1.807, 2.05) is 0 Å². The van der Waals surface area contributed by atoms with Crippen LogP contribution in [0.15, 0.2) is 0 Å². The average molecular weight is 273 g/mol. The van der Waals surface area contributed by atoms with Gasteiger partial charge in [0.25, 0.3) is 0 Å². The fourth-order valence-corrected chi connectivity index (χ4v) is 2.20. The van der Waals surface area contributed by atoms with Crippen molar-refractivity contribution in [2.45, 2.75) is 19.3 Å². The average Bonchev–Trinajstić information content (AvgIpc) is 2.80. The van der Waals surface area contributed by atoms with Crippen LogP contribution in [0, 0.1) is 5.92 Å². The van der Waals surface area contributed by atoms with Crippen LogP contribution in [-0.4, -0.2) is 65.6 Å². The van der Waals surface area contributed by atoms with Gasteiger partial charge < -0.3 is 20.6 Å². The summed E-state index contributed by atoms with van der Waals surface area (Å²) >= 11 is 4.79. The summed E-state index contributed by atoms with van der Waals surface area (Å²) in [4.78, 5) is 16.2. The Morgan fingerprint density at radius 1 is 1.56 bits per heavy atom. The molecule has 1 aliphatic heterocycles. The molecule has 1 unspecified atom stereocenters. The Balaban J connectivity index is 2.18. The SMILES string of the molecule is CN(CCC(N)=S)C(=O)CCN1CCC(CO)C1. The van der Waals surface area contributed by atoms with Gasteiger partial charge in [-0.15, -0.1) is 0 Å². The minimum Gasteiger partial charge on any atom is -0.396 e. The van der Waals surface area contributed by atoms with Crippen molar-refractivity contribution in [1.29, 1.82) is 0 Å². The Morgan fingerprint density at radius 3 is 2.83 bits per heavy atom. The summed E-state index contributed by atoms with van der Waals surface area (Å²) in [5, 5.41) is 9.05. The van der Waals surface area contributed by atoms with Gasteiger partial charge in [0.15, 0.2) is 0 Å². The minimum absolute atomic E-state index is 0.124. The highest BCUT2D eigenvalue weighted by atomic mass is 32.1. The molecule has 0 bridgehead atoms. The number of amides is 1. The Hall–Kier alpha value is -0.720. The van der Waals surface area contributed by atoms with Crippen molar-refractivity contribution in [3.63, 3.8) is 0 Å². The van der Waals surface area contributed by atoms with Crippen LogP contribution in [0.25, 0.3) is 0 Å². The van der Waals surface area contributed by atoms with Gasteiger partial charge in [0, 0.05) is 46.1 Å². The number of hydrogen-bond acceptors (Lipinski definition) is 4. The molecule has 0 spiro atoms. The van der Waals surface area contributed by atoms with Gasteiger partial charge in [-0.1, -0.05) is 12.2 Å². The summed E-state index contributed by atoms with van der Waals surface area (Å²) in [7, 11) is 1.78. The number of likely N-dealkylation sites (tertiary alicyclic amines) is 1. The predicted molar refractivity (Wildman–Crippen MR) is 75.3 cm³/mol. The molecule has 0 aromatic heterocycles. The highest BCUT2D eigenvalue weighted by molar-refractivity contribution is 7.80. The van der Waals surface area contributed by atoms with Gasteiger partial charge in [0.1, 0.15) is 0 Å². The molecule has 1 amide bonds. The van der Waals surface area contributed by atoms with E-state index in [-0.39, 0.29) is 12.5 Å². The molecule has 1 saturated heterocycles. The first-order valence-electron chi connectivity index (χ1n) is 6.38. The summed E-state index contributed by atoms with van der Waals surface area (Å²) in [6, 6.07) is 0. The number of thiocarbonyl (C=S) groups is 1. The Bertz CT molecular complexity index is 299. The van der Waals surface area contributed by atoms with Crippen molar-refractivity contribution in [3.8, 4) is 0 Å². The number of carbonyl (C=O) groups excluding carboxylic acids is 1. The largest absolute Gasteiger partial charge is 0.396 e. The Labute approximate surface area is 114 Å². The van der Waals surface area contributed by atoms with Gasteiger partial charge in [-0.3, -0.25) is 4.79 Å². The maximum absolute atomic E-state index is 11.8. The van der Waals surface area contributed by atoms with Gasteiger partial charge in [-0.05, 0) is 18.9 Å². The molecule has 18 heavy (non-hydrogen) atoms. The molecule has 5 nitrogen and oxygen atoms in total. The molecule has 1 atom stereocenters. The summed E-state index contributed by atoms with van der Waals surface area (Å²) in [6.45, 7) is 3.49. The Kier molecular flexibility index (Phi) is 6.52. The highest BCUT2D eigenvalue weighted by Gasteiger charge is 2.22. The van der Waals surface area contributed by atoms with Gasteiger partial charge in [0.2, 0.25) is 5.91 Å². The first-order valence-corrected chi connectivity index (χ1v) is 6.79. The number of carbonyl (C=O) groups is 1. The van der Waals surface area contributed by atoms with Crippen molar-refractivity contribution in [2.75, 3.05) is 39.8 Å². The number of rotatable bonds is 7. The molecule has 104 valence electrons. The van der Waals surface area contributed by atoms with Crippen molar-refractivity contribution in [2.24, 2.45) is 11.7 Å². The van der Waals surface area contributed by atoms with E-state index >= 15 is 0 Å². The molecule has 0 aliphatic carbocycles. The molecule has 0 saturated carbocycles. The van der Waals surface area contributed by atoms with Crippen molar-refractivity contribution >= 4 is 23.1 Å². The standard InChI is InChI=1S/C12H23N3O2S/c1-14(5-3-11(13)18)12(17)4-7-15-6-2-10(8-15)9-16/h10,16H,2-9H2,1H3,(H2,13,18). The van der Waals surface area contributed by atoms with E-state index in [0.29, 0.717) is 30.3 Å². The first kappa shape index (κ1) is 15.3. The number of aliphatic hydroxyl groups excluding tert-OH is 1. The zero-order valence-corrected chi connectivity index (χ0v) is 11.8. The number of nitrogens with two attached hydrogens (primary N) is 1. The van der Waals surface area contributed by atoms with Gasteiger partial charge >= 0.3 is 0 Å². The highest BCUT2D eigenvalue weighted by Crippen LogP contribution is 2.15. The van der Waals surface area contributed by atoms with Crippen LogP contribution >= 0.6 is 12.2 Å². The van der Waals surface area contributed by atoms with E-state index in [9.17, 15) is 4.79 Å². The van der Waals surface area contributed by atoms with Crippen LogP contribution in [0.2, 0.25) is 0 Å². The summed E-state index contributed by atoms with van der Waals surface area (Å²) in [5.41, 5.74) is 5.41. The fourth-order valence-electron chi connectivity index (χ4n) is 2.11. The van der Waals surface area contributed by atoms with Crippen molar-refractivity contribution < 1.29 is 9.90 Å². The van der Waals surface area contributed by atoms with E-state index in [1.165, 1.54) is 0 Å². The number of hydrogen-bond donors (Lipinski definition) is 2. The quantitative estimate of drug-likeness (QED) is 0.630. The monoisotopic (exact) mass is 273 g/mol. The lowest BCUT2D eigenvalue weighted by molar-refractivity contribution is -0.130. The minimum atomic E-state index is 0.124. The van der Waals surface area contributed by atoms with Crippen LogP contribution in [0.3, 0.4) is 0 Å². The fraction of sp³-hybridized carbons (Fsp3) is 0.833. The molecule has 0 aromatic rings. The van der Waals surface area contributed by atoms with E-state index in [4.69, 9.17) is 23.1 Å². The third-order valence-electron chi connectivity index (χ3n) is 3.39. The van der Waals surface area contributed by atoms with E-state index in [0.717, 1.165) is 26.1 Å². The van der Waals surface area contributed by atoms with Crippen LogP contribution in [-0.2, 0) is 4.79 Å². The summed E-state index contributed by atoms with van der Waals surface area (Å²) in [5.74, 6) is 0.506. The second kappa shape index (κ2) is 7.66.